The molecule has 0 saturated heterocycles. The number of carboxylic acids is 1. The maximum absolute atomic E-state index is 10.7. The van der Waals surface area contributed by atoms with Crippen LogP contribution in [0, 0.1) is 0 Å². The molecular weight excluding hydrogens is 270 g/mol. The summed E-state index contributed by atoms with van der Waals surface area (Å²) in [7, 11) is 1.55. The number of benzene rings is 1. The van der Waals surface area contributed by atoms with Gasteiger partial charge in [0.1, 0.15) is 17.8 Å². The van der Waals surface area contributed by atoms with Crippen LogP contribution in [0.4, 0.5) is 5.69 Å². The lowest BCUT2D eigenvalue weighted by atomic mass is 10.3. The van der Waals surface area contributed by atoms with E-state index in [1.54, 1.807) is 19.2 Å². The molecule has 5 nitrogen and oxygen atoms in total. The summed E-state index contributed by atoms with van der Waals surface area (Å²) >= 11 is 5.99. The van der Waals surface area contributed by atoms with E-state index in [-0.39, 0.29) is 5.56 Å². The zero-order chi connectivity index (χ0) is 13.8. The first-order valence-electron chi connectivity index (χ1n) is 5.48. The molecule has 1 aromatic carbocycles. The summed E-state index contributed by atoms with van der Waals surface area (Å²) in [6.45, 7) is 0.371. The molecule has 2 aromatic rings. The van der Waals surface area contributed by atoms with Crippen molar-refractivity contribution < 1.29 is 19.1 Å². The van der Waals surface area contributed by atoms with Crippen LogP contribution in [0.3, 0.4) is 0 Å². The molecule has 2 rings (SSSR count). The van der Waals surface area contributed by atoms with Gasteiger partial charge in [0.15, 0.2) is 0 Å². The number of ether oxygens (including phenoxy) is 1. The molecule has 100 valence electrons. The minimum Gasteiger partial charge on any atom is -0.495 e. The molecule has 0 saturated carbocycles. The molecule has 0 aliphatic rings. The molecule has 0 amide bonds. The van der Waals surface area contributed by atoms with E-state index in [0.29, 0.717) is 23.1 Å². The van der Waals surface area contributed by atoms with Gasteiger partial charge in [-0.05, 0) is 24.3 Å². The number of furan rings is 1. The Morgan fingerprint density at radius 1 is 1.47 bits per heavy atom. The topological polar surface area (TPSA) is 71.7 Å². The number of methoxy groups -OCH3 is 1. The SMILES string of the molecule is COc1ccc(NCc2cc(C(=O)O)co2)cc1Cl. The maximum Gasteiger partial charge on any atom is 0.338 e. The highest BCUT2D eigenvalue weighted by Crippen LogP contribution is 2.27. The van der Waals surface area contributed by atoms with Gasteiger partial charge >= 0.3 is 5.97 Å². The highest BCUT2D eigenvalue weighted by Gasteiger charge is 2.08. The molecule has 19 heavy (non-hydrogen) atoms. The number of hydrogen-bond acceptors (Lipinski definition) is 4. The van der Waals surface area contributed by atoms with Crippen LogP contribution in [0.25, 0.3) is 0 Å². The molecule has 0 atom stereocenters. The summed E-state index contributed by atoms with van der Waals surface area (Å²) in [5, 5.41) is 12.3. The van der Waals surface area contributed by atoms with Crippen molar-refractivity contribution >= 4 is 23.3 Å². The van der Waals surface area contributed by atoms with Gasteiger partial charge < -0.3 is 19.6 Å². The maximum atomic E-state index is 10.7. The predicted octanol–water partition coefficient (Wildman–Crippen LogP) is 3.25. The van der Waals surface area contributed by atoms with Crippen molar-refractivity contribution in [2.75, 3.05) is 12.4 Å². The van der Waals surface area contributed by atoms with Crippen LogP contribution in [-0.2, 0) is 6.54 Å². The summed E-state index contributed by atoms with van der Waals surface area (Å²) < 4.78 is 10.2. The molecule has 0 aliphatic carbocycles. The highest BCUT2D eigenvalue weighted by molar-refractivity contribution is 6.32. The smallest absolute Gasteiger partial charge is 0.338 e. The third-order valence-corrected chi connectivity index (χ3v) is 2.81. The van der Waals surface area contributed by atoms with Crippen LogP contribution in [0.2, 0.25) is 5.02 Å². The van der Waals surface area contributed by atoms with Crippen molar-refractivity contribution in [2.45, 2.75) is 6.54 Å². The molecule has 0 aliphatic heterocycles. The zero-order valence-electron chi connectivity index (χ0n) is 10.1. The Hall–Kier alpha value is -2.14. The van der Waals surface area contributed by atoms with E-state index in [1.807, 2.05) is 6.07 Å². The third kappa shape index (κ3) is 3.20. The Balaban J connectivity index is 2.01. The largest absolute Gasteiger partial charge is 0.495 e. The Bertz CT molecular complexity index is 594. The lowest BCUT2D eigenvalue weighted by molar-refractivity contribution is 0.0696. The van der Waals surface area contributed by atoms with E-state index in [9.17, 15) is 4.79 Å². The van der Waals surface area contributed by atoms with E-state index in [4.69, 9.17) is 25.9 Å². The minimum absolute atomic E-state index is 0.129. The fourth-order valence-electron chi connectivity index (χ4n) is 1.55. The van der Waals surface area contributed by atoms with Crippen molar-refractivity contribution in [3.8, 4) is 5.75 Å². The van der Waals surface area contributed by atoms with Crippen LogP contribution >= 0.6 is 11.6 Å². The monoisotopic (exact) mass is 281 g/mol. The van der Waals surface area contributed by atoms with E-state index in [2.05, 4.69) is 5.32 Å². The Kier molecular flexibility index (Phi) is 3.97. The first kappa shape index (κ1) is 13.3. The third-order valence-electron chi connectivity index (χ3n) is 2.52. The highest BCUT2D eigenvalue weighted by atomic mass is 35.5. The number of hydrogen-bond donors (Lipinski definition) is 2. The van der Waals surface area contributed by atoms with Crippen molar-refractivity contribution in [1.29, 1.82) is 0 Å². The predicted molar refractivity (Wildman–Crippen MR) is 71.0 cm³/mol. The van der Waals surface area contributed by atoms with E-state index in [1.165, 1.54) is 12.3 Å². The average molecular weight is 282 g/mol. The minimum atomic E-state index is -1.01. The number of carbonyl (C=O) groups is 1. The molecule has 0 fully saturated rings. The number of aromatic carboxylic acids is 1. The lowest BCUT2D eigenvalue weighted by Gasteiger charge is -2.07. The van der Waals surface area contributed by atoms with Gasteiger partial charge in [0.25, 0.3) is 0 Å². The number of rotatable bonds is 5. The quantitative estimate of drug-likeness (QED) is 0.880. The Morgan fingerprint density at radius 2 is 2.26 bits per heavy atom. The van der Waals surface area contributed by atoms with Crippen LogP contribution in [0.15, 0.2) is 34.9 Å². The molecule has 0 unspecified atom stereocenters. The summed E-state index contributed by atoms with van der Waals surface area (Å²) in [6.07, 6.45) is 1.21. The van der Waals surface area contributed by atoms with Gasteiger partial charge in [0, 0.05) is 5.69 Å². The van der Waals surface area contributed by atoms with Crippen molar-refractivity contribution in [2.24, 2.45) is 0 Å². The average Bonchev–Trinajstić information content (AvgIpc) is 2.85. The zero-order valence-corrected chi connectivity index (χ0v) is 10.9. The van der Waals surface area contributed by atoms with Gasteiger partial charge in [-0.3, -0.25) is 0 Å². The number of nitrogens with one attached hydrogen (secondary N) is 1. The van der Waals surface area contributed by atoms with Crippen LogP contribution in [0.1, 0.15) is 16.1 Å². The van der Waals surface area contributed by atoms with Crippen molar-refractivity contribution in [3.05, 3.63) is 46.9 Å². The molecule has 0 radical (unpaired) electrons. The van der Waals surface area contributed by atoms with Crippen molar-refractivity contribution in [3.63, 3.8) is 0 Å². The molecule has 2 N–H and O–H groups in total. The summed E-state index contributed by atoms with van der Waals surface area (Å²) in [4.78, 5) is 10.7. The second-order valence-electron chi connectivity index (χ2n) is 3.81. The molecular formula is C13H12ClNO4. The fraction of sp³-hybridized carbons (Fsp3) is 0.154. The summed E-state index contributed by atoms with van der Waals surface area (Å²) in [5.74, 6) is 0.116. The van der Waals surface area contributed by atoms with Gasteiger partial charge in [0.05, 0.1) is 24.2 Å². The fourth-order valence-corrected chi connectivity index (χ4v) is 1.81. The van der Waals surface area contributed by atoms with E-state index < -0.39 is 5.97 Å². The van der Waals surface area contributed by atoms with Gasteiger partial charge in [0.2, 0.25) is 0 Å². The first-order chi connectivity index (χ1) is 9.10. The second-order valence-corrected chi connectivity index (χ2v) is 4.22. The number of carboxylic acid groups (broad SMARTS) is 1. The van der Waals surface area contributed by atoms with Crippen LogP contribution < -0.4 is 10.1 Å². The second kappa shape index (κ2) is 5.67. The molecule has 1 heterocycles. The van der Waals surface area contributed by atoms with Crippen LogP contribution in [-0.4, -0.2) is 18.2 Å². The van der Waals surface area contributed by atoms with E-state index in [0.717, 1.165) is 5.69 Å². The Labute approximate surface area is 114 Å². The van der Waals surface area contributed by atoms with Gasteiger partial charge in [-0.15, -0.1) is 0 Å². The molecule has 6 heteroatoms. The molecule has 1 aromatic heterocycles. The van der Waals surface area contributed by atoms with Gasteiger partial charge in [-0.2, -0.15) is 0 Å². The lowest BCUT2D eigenvalue weighted by Crippen LogP contribution is -1.98. The van der Waals surface area contributed by atoms with E-state index >= 15 is 0 Å². The normalized spacial score (nSPS) is 10.2. The molecule has 0 spiro atoms. The van der Waals surface area contributed by atoms with Gasteiger partial charge in [-0.1, -0.05) is 11.6 Å². The molecule has 0 bridgehead atoms. The standard InChI is InChI=1S/C13H12ClNO4/c1-18-12-3-2-9(5-11(12)14)15-6-10-4-8(7-19-10)13(16)17/h2-5,7,15H,6H2,1H3,(H,16,17). The summed E-state index contributed by atoms with van der Waals surface area (Å²) in [5.41, 5.74) is 0.920. The van der Waals surface area contributed by atoms with Gasteiger partial charge in [-0.25, -0.2) is 4.79 Å². The number of anilines is 1. The first-order valence-corrected chi connectivity index (χ1v) is 5.86. The summed E-state index contributed by atoms with van der Waals surface area (Å²) in [6, 6.07) is 6.75. The Morgan fingerprint density at radius 3 is 2.84 bits per heavy atom. The van der Waals surface area contributed by atoms with Crippen LogP contribution in [0.5, 0.6) is 5.75 Å². The number of halogens is 1. The van der Waals surface area contributed by atoms with Crippen molar-refractivity contribution in [1.82, 2.24) is 0 Å².